The van der Waals surface area contributed by atoms with E-state index in [4.69, 9.17) is 18.6 Å². The topological polar surface area (TPSA) is 106 Å². The van der Waals surface area contributed by atoms with Gasteiger partial charge >= 0.3 is 17.8 Å². The van der Waals surface area contributed by atoms with Crippen LogP contribution in [0.25, 0.3) is 0 Å². The number of carbonyl (C=O) groups is 1. The molecule has 3 aromatic rings. The molecule has 0 spiro atoms. The van der Waals surface area contributed by atoms with Crippen LogP contribution in [0, 0.1) is 3.57 Å². The highest BCUT2D eigenvalue weighted by molar-refractivity contribution is 14.1. The second kappa shape index (κ2) is 14.9. The van der Waals surface area contributed by atoms with Gasteiger partial charge in [0.2, 0.25) is 0 Å². The Morgan fingerprint density at radius 3 is 2.47 bits per heavy atom. The fourth-order valence-corrected chi connectivity index (χ4v) is 4.40. The van der Waals surface area contributed by atoms with Gasteiger partial charge in [-0.2, -0.15) is 25.3 Å². The minimum absolute atomic E-state index is 0.0265. The smallest absolute Gasteiger partial charge is 0.325 e. The van der Waals surface area contributed by atoms with E-state index in [0.29, 0.717) is 43.6 Å². The van der Waals surface area contributed by atoms with Crippen LogP contribution < -0.4 is 14.7 Å². The number of rotatable bonds is 13. The van der Waals surface area contributed by atoms with Crippen molar-refractivity contribution in [3.05, 3.63) is 52.1 Å². The van der Waals surface area contributed by atoms with E-state index in [1.165, 1.54) is 4.90 Å². The molecule has 1 aliphatic rings. The fourth-order valence-electron chi connectivity index (χ4n) is 3.62. The number of hydrogen-bond acceptors (Lipinski definition) is 12. The molecule has 1 aromatic carbocycles. The van der Waals surface area contributed by atoms with Crippen LogP contribution in [0.5, 0.6) is 0 Å². The summed E-state index contributed by atoms with van der Waals surface area (Å²) < 4.78 is 23.6. The minimum atomic E-state index is -0.511. The van der Waals surface area contributed by atoms with Crippen molar-refractivity contribution < 1.29 is 23.4 Å². The first-order valence-electron chi connectivity index (χ1n) is 11.9. The number of hydrogen-bond donors (Lipinski definition) is 2. The summed E-state index contributed by atoms with van der Waals surface area (Å²) in [6.07, 6.45) is 1.63. The Balaban J connectivity index is 1.56. The third-order valence-electron chi connectivity index (χ3n) is 5.48. The van der Waals surface area contributed by atoms with Gasteiger partial charge in [0.15, 0.2) is 0 Å². The van der Waals surface area contributed by atoms with Crippen LogP contribution in [0.15, 0.2) is 47.0 Å². The zero-order chi connectivity index (χ0) is 26.7. The maximum atomic E-state index is 13.5. The quantitative estimate of drug-likeness (QED) is 0.121. The van der Waals surface area contributed by atoms with E-state index in [1.54, 1.807) is 11.1 Å². The van der Waals surface area contributed by atoms with Gasteiger partial charge in [-0.15, -0.1) is 5.10 Å². The van der Waals surface area contributed by atoms with Crippen LogP contribution in [0.3, 0.4) is 0 Å². The van der Waals surface area contributed by atoms with Crippen molar-refractivity contribution in [3.63, 3.8) is 0 Å². The first-order chi connectivity index (χ1) is 18.6. The molecule has 0 atom stereocenters. The van der Waals surface area contributed by atoms with Crippen LogP contribution in [-0.4, -0.2) is 85.6 Å². The molecule has 3 heterocycles. The lowest BCUT2D eigenvalue weighted by atomic mass is 10.3. The number of morpholine rings is 1. The lowest BCUT2D eigenvalue weighted by molar-refractivity contribution is 0.0871. The normalized spacial score (nSPS) is 13.5. The van der Waals surface area contributed by atoms with Gasteiger partial charge in [0.25, 0.3) is 0 Å². The summed E-state index contributed by atoms with van der Waals surface area (Å²) in [5.74, 6) is 1.19. The van der Waals surface area contributed by atoms with Crippen molar-refractivity contribution in [2.45, 2.75) is 0 Å². The maximum absolute atomic E-state index is 13.5. The van der Waals surface area contributed by atoms with Crippen molar-refractivity contribution in [1.82, 2.24) is 15.2 Å². The molecular formula is C24H29IN6O5S2. The van der Waals surface area contributed by atoms with E-state index in [-0.39, 0.29) is 25.4 Å². The molecule has 11 nitrogen and oxygen atoms in total. The second-order valence-corrected chi connectivity index (χ2v) is 10.2. The van der Waals surface area contributed by atoms with Gasteiger partial charge < -0.3 is 23.5 Å². The molecule has 38 heavy (non-hydrogen) atoms. The van der Waals surface area contributed by atoms with Crippen LogP contribution in [-0.2, 0) is 14.2 Å². The maximum Gasteiger partial charge on any atom is 0.325 e. The number of pyridine rings is 1. The molecule has 1 fully saturated rings. The van der Waals surface area contributed by atoms with Crippen LogP contribution in [0.1, 0.15) is 10.7 Å². The van der Waals surface area contributed by atoms with Crippen LogP contribution >= 0.6 is 47.8 Å². The molecular weight excluding hydrogens is 643 g/mol. The van der Waals surface area contributed by atoms with Gasteiger partial charge in [0.1, 0.15) is 19.3 Å². The second-order valence-electron chi connectivity index (χ2n) is 8.03. The number of carbonyl (C=O) groups excluding carboxylic acids is 1. The van der Waals surface area contributed by atoms with Gasteiger partial charge in [0.05, 0.1) is 38.3 Å². The molecule has 2 aromatic heterocycles. The van der Waals surface area contributed by atoms with Crippen molar-refractivity contribution in [2.24, 2.45) is 0 Å². The SMILES string of the molecule is O=C(c1nnc(N(COCCS)c2cccc(I)c2)o1)N(COCCS)c1ccc(N2CCOCC2)nc1. The zero-order valence-corrected chi connectivity index (χ0v) is 24.6. The van der Waals surface area contributed by atoms with E-state index >= 15 is 0 Å². The van der Waals surface area contributed by atoms with E-state index in [2.05, 4.69) is 67.9 Å². The van der Waals surface area contributed by atoms with Gasteiger partial charge in [-0.1, -0.05) is 11.2 Å². The molecule has 204 valence electrons. The summed E-state index contributed by atoms with van der Waals surface area (Å²) in [7, 11) is 0. The molecule has 0 aliphatic carbocycles. The Morgan fingerprint density at radius 1 is 1.03 bits per heavy atom. The monoisotopic (exact) mass is 672 g/mol. The first-order valence-corrected chi connectivity index (χ1v) is 14.3. The number of amides is 1. The van der Waals surface area contributed by atoms with E-state index in [9.17, 15) is 4.79 Å². The highest BCUT2D eigenvalue weighted by Crippen LogP contribution is 2.27. The summed E-state index contributed by atoms with van der Waals surface area (Å²) in [6.45, 7) is 3.77. The third-order valence-corrected chi connectivity index (χ3v) is 6.52. The minimum Gasteiger partial charge on any atom is -0.398 e. The largest absolute Gasteiger partial charge is 0.398 e. The molecule has 1 amide bonds. The number of thiol groups is 2. The van der Waals surface area contributed by atoms with Crippen molar-refractivity contribution in [2.75, 3.05) is 79.2 Å². The standard InChI is InChI=1S/C24H29IN6O5S2/c25-18-2-1-3-19(14-18)31(17-35-11-13-38)24-28-27-22(36-24)23(32)30(16-34-10-12-37)20-4-5-21(26-15-20)29-6-8-33-9-7-29/h1-5,14-15,37-38H,6-13,16-17H2. The average Bonchev–Trinajstić information content (AvgIpc) is 3.44. The molecule has 14 heteroatoms. The van der Waals surface area contributed by atoms with Gasteiger partial charge in [-0.25, -0.2) is 4.98 Å². The molecule has 0 N–H and O–H groups in total. The number of nitrogens with zero attached hydrogens (tertiary/aromatic N) is 6. The summed E-state index contributed by atoms with van der Waals surface area (Å²) in [5, 5.41) is 8.19. The number of aromatic nitrogens is 3. The Morgan fingerprint density at radius 2 is 1.79 bits per heavy atom. The first kappa shape index (κ1) is 28.9. The highest BCUT2D eigenvalue weighted by atomic mass is 127. The molecule has 1 aliphatic heterocycles. The number of anilines is 4. The van der Waals surface area contributed by atoms with Crippen molar-refractivity contribution in [3.8, 4) is 0 Å². The lowest BCUT2D eigenvalue weighted by Crippen LogP contribution is -2.37. The summed E-state index contributed by atoms with van der Waals surface area (Å²) >= 11 is 10.6. The summed E-state index contributed by atoms with van der Waals surface area (Å²) in [5.41, 5.74) is 1.33. The third kappa shape index (κ3) is 7.72. The van der Waals surface area contributed by atoms with Crippen molar-refractivity contribution in [1.29, 1.82) is 0 Å². The molecule has 0 radical (unpaired) electrons. The summed E-state index contributed by atoms with van der Waals surface area (Å²) in [4.78, 5) is 23.3. The highest BCUT2D eigenvalue weighted by Gasteiger charge is 2.27. The average molecular weight is 673 g/mol. The van der Waals surface area contributed by atoms with E-state index in [1.807, 2.05) is 36.4 Å². The van der Waals surface area contributed by atoms with Crippen LogP contribution in [0.4, 0.5) is 23.2 Å². The van der Waals surface area contributed by atoms with Crippen LogP contribution in [0.2, 0.25) is 0 Å². The Labute approximate surface area is 245 Å². The Kier molecular flexibility index (Phi) is 11.3. The summed E-state index contributed by atoms with van der Waals surface area (Å²) in [6, 6.07) is 11.6. The van der Waals surface area contributed by atoms with E-state index in [0.717, 1.165) is 28.2 Å². The molecule has 4 rings (SSSR count). The molecule has 0 unspecified atom stereocenters. The Hall–Kier alpha value is -2.11. The van der Waals surface area contributed by atoms with Gasteiger partial charge in [0, 0.05) is 33.9 Å². The van der Waals surface area contributed by atoms with Crippen molar-refractivity contribution >= 4 is 77.0 Å². The van der Waals surface area contributed by atoms with E-state index < -0.39 is 5.91 Å². The molecule has 0 saturated carbocycles. The predicted octanol–water partition coefficient (Wildman–Crippen LogP) is 3.50. The predicted molar refractivity (Wildman–Crippen MR) is 159 cm³/mol. The lowest BCUT2D eigenvalue weighted by Gasteiger charge is -2.28. The molecule has 1 saturated heterocycles. The number of halogens is 1. The fraction of sp³-hybridized carbons (Fsp3) is 0.417. The number of ether oxygens (including phenoxy) is 3. The number of benzene rings is 1. The zero-order valence-electron chi connectivity index (χ0n) is 20.6. The molecule has 0 bridgehead atoms. The van der Waals surface area contributed by atoms with Gasteiger partial charge in [-0.3, -0.25) is 14.6 Å². The van der Waals surface area contributed by atoms with Gasteiger partial charge in [-0.05, 0) is 52.9 Å². The Bertz CT molecular complexity index is 1170.